The van der Waals surface area contributed by atoms with Gasteiger partial charge in [0.1, 0.15) is 0 Å². The Kier molecular flexibility index (Phi) is 4.59. The molecule has 0 saturated heterocycles. The first-order valence-corrected chi connectivity index (χ1v) is 10.5. The topological polar surface area (TPSA) is 42.0 Å². The first-order valence-electron chi connectivity index (χ1n) is 9.01. The van der Waals surface area contributed by atoms with Gasteiger partial charge >= 0.3 is 7.67 Å². The predicted molar refractivity (Wildman–Crippen MR) is 97.0 cm³/mol. The van der Waals surface area contributed by atoms with Crippen molar-refractivity contribution in [2.75, 3.05) is 41.9 Å². The van der Waals surface area contributed by atoms with Gasteiger partial charge in [0, 0.05) is 12.5 Å². The van der Waals surface area contributed by atoms with Crippen molar-refractivity contribution in [3.63, 3.8) is 0 Å². The van der Waals surface area contributed by atoms with E-state index in [4.69, 9.17) is 9.26 Å². The number of ether oxygens (including phenoxy) is 1. The largest absolute Gasteiger partial charge is 0.373 e. The van der Waals surface area contributed by atoms with Gasteiger partial charge < -0.3 is 9.26 Å². The van der Waals surface area contributed by atoms with Crippen molar-refractivity contribution in [2.45, 2.75) is 51.0 Å². The third kappa shape index (κ3) is 2.47. The van der Waals surface area contributed by atoms with Crippen molar-refractivity contribution >= 4 is 7.67 Å². The smallest absolute Gasteiger partial charge is 0.345 e. The minimum atomic E-state index is -2.97. The Morgan fingerprint density at radius 1 is 1.17 bits per heavy atom. The summed E-state index contributed by atoms with van der Waals surface area (Å²) in [5, 5.41) is 0. The van der Waals surface area contributed by atoms with Gasteiger partial charge in [-0.2, -0.15) is 0 Å². The number of hydrogen-bond donors (Lipinski definition) is 0. The van der Waals surface area contributed by atoms with Crippen LogP contribution in [0.3, 0.4) is 0 Å². The van der Waals surface area contributed by atoms with Crippen LogP contribution in [-0.2, 0) is 13.8 Å². The van der Waals surface area contributed by atoms with E-state index >= 15 is 0 Å². The summed E-state index contributed by atoms with van der Waals surface area (Å²) in [6, 6.07) is 0. The Balaban J connectivity index is 1.89. The van der Waals surface area contributed by atoms with Crippen LogP contribution in [0.4, 0.5) is 0 Å². The minimum absolute atomic E-state index is 0.143. The molecule has 4 aliphatic rings. The van der Waals surface area contributed by atoms with E-state index in [2.05, 4.69) is 13.0 Å². The Labute approximate surface area is 146 Å². The molecule has 2 bridgehead atoms. The second-order valence-electron chi connectivity index (χ2n) is 8.59. The number of rotatable bonds is 6. The summed E-state index contributed by atoms with van der Waals surface area (Å²) in [7, 11) is 6.11. The van der Waals surface area contributed by atoms with E-state index in [-0.39, 0.29) is 11.0 Å². The van der Waals surface area contributed by atoms with Crippen molar-refractivity contribution in [2.24, 2.45) is 10.8 Å². The fourth-order valence-electron chi connectivity index (χ4n) is 5.39. The van der Waals surface area contributed by atoms with Crippen LogP contribution in [0, 0.1) is 10.8 Å². The highest BCUT2D eigenvalue weighted by molar-refractivity contribution is 7.53. The standard InChI is InChI=1S/C18H33N2O3P/c1-16(14-23-24(21,19(2)3)20(4)5)13-17-9-7-8-15(17)12-18(16,22-6)11-10-17/h12H,7-11,13-14H2,1-6H3. The monoisotopic (exact) mass is 356 g/mol. The first kappa shape index (κ1) is 18.6. The van der Waals surface area contributed by atoms with Gasteiger partial charge in [-0.1, -0.05) is 18.6 Å². The zero-order valence-electron chi connectivity index (χ0n) is 16.1. The lowest BCUT2D eigenvalue weighted by atomic mass is 9.49. The van der Waals surface area contributed by atoms with Gasteiger partial charge in [-0.15, -0.1) is 0 Å². The molecule has 138 valence electrons. The first-order chi connectivity index (χ1) is 11.1. The highest BCUT2D eigenvalue weighted by Crippen LogP contribution is 2.67. The van der Waals surface area contributed by atoms with Gasteiger partial charge in [-0.3, -0.25) is 4.57 Å². The number of nitrogens with zero attached hydrogens (tertiary/aromatic N) is 2. The molecule has 3 atom stereocenters. The van der Waals surface area contributed by atoms with Crippen LogP contribution in [0.5, 0.6) is 0 Å². The summed E-state index contributed by atoms with van der Waals surface area (Å²) < 4.78 is 28.8. The number of methoxy groups -OCH3 is 1. The molecule has 0 N–H and O–H groups in total. The summed E-state index contributed by atoms with van der Waals surface area (Å²) in [6.45, 7) is 2.72. The molecule has 0 aromatic heterocycles. The molecule has 0 radical (unpaired) electrons. The van der Waals surface area contributed by atoms with E-state index in [0.717, 1.165) is 12.8 Å². The van der Waals surface area contributed by atoms with Crippen LogP contribution in [0.25, 0.3) is 0 Å². The second kappa shape index (κ2) is 5.92. The molecule has 0 aromatic carbocycles. The lowest BCUT2D eigenvalue weighted by Gasteiger charge is -2.60. The molecule has 24 heavy (non-hydrogen) atoms. The third-order valence-electron chi connectivity index (χ3n) is 6.84. The van der Waals surface area contributed by atoms with Crippen molar-refractivity contribution in [3.8, 4) is 0 Å². The van der Waals surface area contributed by atoms with E-state index in [9.17, 15) is 4.57 Å². The minimum Gasteiger partial charge on any atom is -0.373 e. The lowest BCUT2D eigenvalue weighted by molar-refractivity contribution is -0.151. The highest BCUT2D eigenvalue weighted by Gasteiger charge is 2.62. The van der Waals surface area contributed by atoms with Crippen LogP contribution in [-0.4, -0.2) is 56.8 Å². The summed E-state index contributed by atoms with van der Waals surface area (Å²) in [6.07, 6.45) is 9.55. The molecule has 1 spiro atoms. The van der Waals surface area contributed by atoms with Crippen LogP contribution < -0.4 is 0 Å². The molecule has 4 rings (SSSR count). The third-order valence-corrected chi connectivity index (χ3v) is 9.33. The summed E-state index contributed by atoms with van der Waals surface area (Å²) in [5.41, 5.74) is 1.53. The van der Waals surface area contributed by atoms with Crippen LogP contribution in [0.1, 0.15) is 45.4 Å². The van der Waals surface area contributed by atoms with Crippen molar-refractivity contribution in [1.29, 1.82) is 0 Å². The Hall–Kier alpha value is -0.190. The lowest BCUT2D eigenvalue weighted by Crippen LogP contribution is -2.59. The van der Waals surface area contributed by atoms with Crippen molar-refractivity contribution in [1.82, 2.24) is 9.34 Å². The molecule has 0 amide bonds. The SMILES string of the molecule is COC12C=C3CCCC3(CC1)CC2(C)COP(=O)(N(C)C)N(C)C. The summed E-state index contributed by atoms with van der Waals surface area (Å²) in [4.78, 5) is 0. The molecule has 5 nitrogen and oxygen atoms in total. The zero-order chi connectivity index (χ0) is 17.8. The van der Waals surface area contributed by atoms with Gasteiger partial charge in [-0.05, 0) is 72.1 Å². The molecule has 2 fully saturated rings. The normalized spacial score (nSPS) is 38.8. The Morgan fingerprint density at radius 2 is 1.83 bits per heavy atom. The maximum atomic E-state index is 13.2. The molecule has 0 aromatic rings. The molecular formula is C18H33N2O3P. The highest BCUT2D eigenvalue weighted by atomic mass is 31.2. The van der Waals surface area contributed by atoms with Gasteiger partial charge in [0.2, 0.25) is 0 Å². The fourth-order valence-corrected chi connectivity index (χ4v) is 7.02. The molecule has 2 saturated carbocycles. The van der Waals surface area contributed by atoms with E-state index in [1.54, 1.807) is 14.9 Å². The molecular weight excluding hydrogens is 323 g/mol. The Bertz CT molecular complexity index is 579. The van der Waals surface area contributed by atoms with Crippen molar-refractivity contribution in [3.05, 3.63) is 11.6 Å². The maximum Gasteiger partial charge on any atom is 0.345 e. The van der Waals surface area contributed by atoms with E-state index in [1.165, 1.54) is 25.7 Å². The van der Waals surface area contributed by atoms with Gasteiger partial charge in [0.15, 0.2) is 0 Å². The van der Waals surface area contributed by atoms with Gasteiger partial charge in [0.05, 0.1) is 12.2 Å². The molecule has 0 heterocycles. The van der Waals surface area contributed by atoms with E-state index in [1.807, 2.05) is 35.3 Å². The van der Waals surface area contributed by atoms with Gasteiger partial charge in [0.25, 0.3) is 0 Å². The zero-order valence-corrected chi connectivity index (χ0v) is 17.0. The van der Waals surface area contributed by atoms with Gasteiger partial charge in [-0.25, -0.2) is 9.34 Å². The van der Waals surface area contributed by atoms with E-state index < -0.39 is 7.67 Å². The van der Waals surface area contributed by atoms with Crippen LogP contribution >= 0.6 is 7.67 Å². The Morgan fingerprint density at radius 3 is 2.42 bits per heavy atom. The maximum absolute atomic E-state index is 13.2. The number of fused-ring (bicyclic) bond motifs is 2. The summed E-state index contributed by atoms with van der Waals surface area (Å²) >= 11 is 0. The molecule has 6 heteroatoms. The second-order valence-corrected chi connectivity index (χ2v) is 11.4. The van der Waals surface area contributed by atoms with Crippen molar-refractivity contribution < 1.29 is 13.8 Å². The average Bonchev–Trinajstić information content (AvgIpc) is 2.94. The predicted octanol–water partition coefficient (Wildman–Crippen LogP) is 3.92. The number of allylic oxidation sites excluding steroid dienone is 1. The molecule has 4 aliphatic carbocycles. The van der Waals surface area contributed by atoms with Crippen LogP contribution in [0.2, 0.25) is 0 Å². The van der Waals surface area contributed by atoms with Crippen LogP contribution in [0.15, 0.2) is 11.6 Å². The average molecular weight is 356 g/mol. The fraction of sp³-hybridized carbons (Fsp3) is 0.889. The summed E-state index contributed by atoms with van der Waals surface area (Å²) in [5.74, 6) is 0. The molecule has 3 unspecified atom stereocenters. The number of hydrogen-bond acceptors (Lipinski definition) is 3. The van der Waals surface area contributed by atoms with E-state index in [0.29, 0.717) is 12.0 Å². The molecule has 0 aliphatic heterocycles. The quantitative estimate of drug-likeness (QED) is 0.533.